The molecule has 0 fully saturated rings. The van der Waals surface area contributed by atoms with Gasteiger partial charge in [0.1, 0.15) is 24.5 Å². The van der Waals surface area contributed by atoms with E-state index in [2.05, 4.69) is 26.3 Å². The van der Waals surface area contributed by atoms with E-state index in [4.69, 9.17) is 5.26 Å². The smallest absolute Gasteiger partial charge is 0.135 e. The summed E-state index contributed by atoms with van der Waals surface area (Å²) in [5.41, 5.74) is 0.852. The van der Waals surface area contributed by atoms with E-state index in [1.165, 1.54) is 6.33 Å². The predicted molar refractivity (Wildman–Crippen MR) is 68.4 cm³/mol. The van der Waals surface area contributed by atoms with Crippen molar-refractivity contribution in [2.24, 2.45) is 0 Å². The van der Waals surface area contributed by atoms with Crippen molar-refractivity contribution in [2.45, 2.75) is 0 Å². The van der Waals surface area contributed by atoms with Gasteiger partial charge in [0.25, 0.3) is 0 Å². The Morgan fingerprint density at radius 3 is 3.06 bits per heavy atom. The first-order valence-corrected chi connectivity index (χ1v) is 5.37. The lowest BCUT2D eigenvalue weighted by atomic mass is 10.4. The van der Waals surface area contributed by atoms with E-state index in [0.717, 1.165) is 5.69 Å². The SMILES string of the molecule is CN(CC#N)c1cc(Nc2cccnc2)ncn1. The Labute approximate surface area is 105 Å². The molecular formula is C12H12N6. The van der Waals surface area contributed by atoms with Crippen molar-refractivity contribution in [3.05, 3.63) is 36.9 Å². The standard InChI is InChI=1S/C12H12N6/c1-18(6-4-13)12-7-11(15-9-16-12)17-10-3-2-5-14-8-10/h2-3,5,7-9H,6H2,1H3,(H,15,16,17). The summed E-state index contributed by atoms with van der Waals surface area (Å²) in [6, 6.07) is 7.59. The molecule has 2 rings (SSSR count). The van der Waals surface area contributed by atoms with E-state index in [1.54, 1.807) is 30.4 Å². The quantitative estimate of drug-likeness (QED) is 0.817. The summed E-state index contributed by atoms with van der Waals surface area (Å²) in [5, 5.41) is 11.8. The summed E-state index contributed by atoms with van der Waals surface area (Å²) in [6.07, 6.45) is 4.87. The number of anilines is 3. The molecule has 0 atom stereocenters. The molecule has 1 N–H and O–H groups in total. The molecule has 0 bridgehead atoms. The zero-order valence-corrected chi connectivity index (χ0v) is 9.91. The first kappa shape index (κ1) is 11.8. The predicted octanol–water partition coefficient (Wildman–Crippen LogP) is 1.57. The van der Waals surface area contributed by atoms with Crippen molar-refractivity contribution >= 4 is 17.3 Å². The Balaban J connectivity index is 2.15. The van der Waals surface area contributed by atoms with Crippen LogP contribution in [-0.4, -0.2) is 28.5 Å². The number of nitriles is 1. The van der Waals surface area contributed by atoms with Crippen molar-refractivity contribution in [3.8, 4) is 6.07 Å². The van der Waals surface area contributed by atoms with Crippen molar-refractivity contribution < 1.29 is 0 Å². The first-order valence-electron chi connectivity index (χ1n) is 5.37. The fraction of sp³-hybridized carbons (Fsp3) is 0.167. The maximum Gasteiger partial charge on any atom is 0.135 e. The van der Waals surface area contributed by atoms with Crippen LogP contribution in [0.5, 0.6) is 0 Å². The van der Waals surface area contributed by atoms with E-state index in [1.807, 2.05) is 12.1 Å². The maximum atomic E-state index is 8.64. The number of nitrogens with one attached hydrogen (secondary N) is 1. The monoisotopic (exact) mass is 240 g/mol. The van der Waals surface area contributed by atoms with Crippen LogP contribution in [0.1, 0.15) is 0 Å². The van der Waals surface area contributed by atoms with Gasteiger partial charge in [-0.2, -0.15) is 5.26 Å². The van der Waals surface area contributed by atoms with E-state index >= 15 is 0 Å². The summed E-state index contributed by atoms with van der Waals surface area (Å²) in [7, 11) is 1.80. The lowest BCUT2D eigenvalue weighted by Gasteiger charge is -2.14. The number of pyridine rings is 1. The fourth-order valence-corrected chi connectivity index (χ4v) is 1.40. The van der Waals surface area contributed by atoms with E-state index < -0.39 is 0 Å². The van der Waals surface area contributed by atoms with Gasteiger partial charge in [-0.1, -0.05) is 0 Å². The highest BCUT2D eigenvalue weighted by molar-refractivity contribution is 5.58. The second-order valence-electron chi connectivity index (χ2n) is 3.64. The van der Waals surface area contributed by atoms with Gasteiger partial charge in [-0.15, -0.1) is 0 Å². The number of hydrogen-bond donors (Lipinski definition) is 1. The normalized spacial score (nSPS) is 9.56. The van der Waals surface area contributed by atoms with Crippen LogP contribution in [0.3, 0.4) is 0 Å². The summed E-state index contributed by atoms with van der Waals surface area (Å²) in [5.74, 6) is 1.36. The molecule has 0 spiro atoms. The van der Waals surface area contributed by atoms with Crippen LogP contribution < -0.4 is 10.2 Å². The van der Waals surface area contributed by atoms with E-state index in [-0.39, 0.29) is 6.54 Å². The Bertz CT molecular complexity index is 548. The largest absolute Gasteiger partial charge is 0.346 e. The topological polar surface area (TPSA) is 77.7 Å². The van der Waals surface area contributed by atoms with Gasteiger partial charge in [0.05, 0.1) is 18.0 Å². The Kier molecular flexibility index (Phi) is 3.66. The molecule has 0 aliphatic heterocycles. The molecule has 6 heteroatoms. The summed E-state index contributed by atoms with van der Waals surface area (Å²) >= 11 is 0. The van der Waals surface area contributed by atoms with Gasteiger partial charge in [0, 0.05) is 19.3 Å². The third-order valence-corrected chi connectivity index (χ3v) is 2.29. The summed E-state index contributed by atoms with van der Waals surface area (Å²) in [4.78, 5) is 14.0. The highest BCUT2D eigenvalue weighted by Crippen LogP contribution is 2.16. The van der Waals surface area contributed by atoms with Crippen LogP contribution in [0.25, 0.3) is 0 Å². The molecule has 2 aromatic heterocycles. The first-order chi connectivity index (χ1) is 8.79. The average Bonchev–Trinajstić information content (AvgIpc) is 2.40. The van der Waals surface area contributed by atoms with Crippen molar-refractivity contribution in [1.82, 2.24) is 15.0 Å². The van der Waals surface area contributed by atoms with E-state index in [9.17, 15) is 0 Å². The molecule has 18 heavy (non-hydrogen) atoms. The van der Waals surface area contributed by atoms with Crippen LogP contribution in [0.2, 0.25) is 0 Å². The van der Waals surface area contributed by atoms with E-state index in [0.29, 0.717) is 11.6 Å². The third kappa shape index (κ3) is 2.92. The summed E-state index contributed by atoms with van der Waals surface area (Å²) in [6.45, 7) is 0.281. The number of hydrogen-bond acceptors (Lipinski definition) is 6. The molecule has 2 aromatic rings. The molecule has 0 saturated heterocycles. The minimum absolute atomic E-state index is 0.281. The van der Waals surface area contributed by atoms with Gasteiger partial charge < -0.3 is 10.2 Å². The van der Waals surface area contributed by atoms with Gasteiger partial charge in [-0.3, -0.25) is 4.98 Å². The van der Waals surface area contributed by atoms with Gasteiger partial charge in [0.2, 0.25) is 0 Å². The molecule has 6 nitrogen and oxygen atoms in total. The van der Waals surface area contributed by atoms with Crippen molar-refractivity contribution in [3.63, 3.8) is 0 Å². The van der Waals surface area contributed by atoms with Crippen LogP contribution in [0.15, 0.2) is 36.9 Å². The number of aromatic nitrogens is 3. The second-order valence-corrected chi connectivity index (χ2v) is 3.64. The van der Waals surface area contributed by atoms with Gasteiger partial charge in [0.15, 0.2) is 0 Å². The molecule has 0 unspecified atom stereocenters. The van der Waals surface area contributed by atoms with Gasteiger partial charge in [-0.05, 0) is 12.1 Å². The summed E-state index contributed by atoms with van der Waals surface area (Å²) < 4.78 is 0. The fourth-order valence-electron chi connectivity index (χ4n) is 1.40. The molecule has 0 radical (unpaired) electrons. The molecular weight excluding hydrogens is 228 g/mol. The molecule has 2 heterocycles. The molecule has 0 aromatic carbocycles. The molecule has 0 amide bonds. The Hall–Kier alpha value is -2.68. The molecule has 90 valence electrons. The Morgan fingerprint density at radius 2 is 2.33 bits per heavy atom. The number of nitrogens with zero attached hydrogens (tertiary/aromatic N) is 5. The van der Waals surface area contributed by atoms with Crippen molar-refractivity contribution in [1.29, 1.82) is 5.26 Å². The lowest BCUT2D eigenvalue weighted by Crippen LogP contribution is -2.18. The Morgan fingerprint density at radius 1 is 1.44 bits per heavy atom. The van der Waals surface area contributed by atoms with Crippen LogP contribution in [-0.2, 0) is 0 Å². The van der Waals surface area contributed by atoms with Crippen LogP contribution >= 0.6 is 0 Å². The molecule has 0 saturated carbocycles. The van der Waals surface area contributed by atoms with Gasteiger partial charge >= 0.3 is 0 Å². The average molecular weight is 240 g/mol. The highest BCUT2D eigenvalue weighted by Gasteiger charge is 2.03. The third-order valence-electron chi connectivity index (χ3n) is 2.29. The molecule has 0 aliphatic carbocycles. The minimum atomic E-state index is 0.281. The van der Waals surface area contributed by atoms with Crippen LogP contribution in [0.4, 0.5) is 17.3 Å². The van der Waals surface area contributed by atoms with Crippen molar-refractivity contribution in [2.75, 3.05) is 23.8 Å². The minimum Gasteiger partial charge on any atom is -0.346 e. The van der Waals surface area contributed by atoms with Gasteiger partial charge in [-0.25, -0.2) is 9.97 Å². The second kappa shape index (κ2) is 5.59. The lowest BCUT2D eigenvalue weighted by molar-refractivity contribution is 0.981. The zero-order chi connectivity index (χ0) is 12.8. The molecule has 0 aliphatic rings. The number of rotatable bonds is 4. The zero-order valence-electron chi connectivity index (χ0n) is 9.91. The highest BCUT2D eigenvalue weighted by atomic mass is 15.2. The van der Waals surface area contributed by atoms with Crippen LogP contribution in [0, 0.1) is 11.3 Å². The maximum absolute atomic E-state index is 8.64.